The maximum Gasteiger partial charge on any atom is 0.255 e. The first-order valence-corrected chi connectivity index (χ1v) is 9.60. The molecule has 0 saturated heterocycles. The number of carbonyl (C=O) groups excluding carboxylic acids is 1. The molecule has 2 aromatic rings. The Balaban J connectivity index is 1.74. The third kappa shape index (κ3) is 7.57. The van der Waals surface area contributed by atoms with Crippen molar-refractivity contribution < 1.29 is 9.53 Å². The molecule has 6 nitrogen and oxygen atoms in total. The summed E-state index contributed by atoms with van der Waals surface area (Å²) >= 11 is 1.76. The minimum atomic E-state index is -0.479. The fraction of sp³-hybridized carbons (Fsp3) is 0.368. The number of nitrogens with two attached hydrogens (primary N) is 1. The highest BCUT2D eigenvalue weighted by molar-refractivity contribution is 7.09. The van der Waals surface area contributed by atoms with Crippen LogP contribution in [0, 0.1) is 0 Å². The smallest absolute Gasteiger partial charge is 0.255 e. The molecule has 0 radical (unpaired) electrons. The van der Waals surface area contributed by atoms with E-state index in [1.165, 1.54) is 10.4 Å². The van der Waals surface area contributed by atoms with Gasteiger partial charge >= 0.3 is 0 Å². The van der Waals surface area contributed by atoms with Crippen molar-refractivity contribution in [1.82, 2.24) is 10.6 Å². The molecule has 0 unspecified atom stereocenters. The van der Waals surface area contributed by atoms with Crippen LogP contribution in [0.15, 0.2) is 46.8 Å². The number of carbonyl (C=O) groups is 1. The lowest BCUT2D eigenvalue weighted by atomic mass is 10.1. The second kappa shape index (κ2) is 11.1. The van der Waals surface area contributed by atoms with Crippen molar-refractivity contribution in [1.29, 1.82) is 0 Å². The van der Waals surface area contributed by atoms with Crippen LogP contribution in [-0.4, -0.2) is 38.1 Å². The van der Waals surface area contributed by atoms with E-state index in [4.69, 9.17) is 10.5 Å². The lowest BCUT2D eigenvalue weighted by Gasteiger charge is -2.11. The SMILES string of the molecule is CCNC(=NCCc1cccs1)NCCc1ccc(OCC(N)=O)cc1. The molecule has 1 aromatic heterocycles. The van der Waals surface area contributed by atoms with E-state index in [0.717, 1.165) is 38.4 Å². The van der Waals surface area contributed by atoms with E-state index in [9.17, 15) is 4.79 Å². The number of primary amides is 1. The van der Waals surface area contributed by atoms with Crippen LogP contribution in [0.5, 0.6) is 5.75 Å². The molecule has 0 aliphatic heterocycles. The number of ether oxygens (including phenoxy) is 1. The molecule has 0 aliphatic carbocycles. The number of amides is 1. The maximum atomic E-state index is 10.7. The zero-order valence-corrected chi connectivity index (χ0v) is 15.8. The van der Waals surface area contributed by atoms with E-state index < -0.39 is 5.91 Å². The summed E-state index contributed by atoms with van der Waals surface area (Å²) in [7, 11) is 0. The molecule has 0 aliphatic rings. The van der Waals surface area contributed by atoms with E-state index in [1.54, 1.807) is 11.3 Å². The summed E-state index contributed by atoms with van der Waals surface area (Å²) < 4.78 is 5.25. The molecule has 2 rings (SSSR count). The third-order valence-corrected chi connectivity index (χ3v) is 4.50. The van der Waals surface area contributed by atoms with Crippen LogP contribution in [0.1, 0.15) is 17.4 Å². The first-order valence-electron chi connectivity index (χ1n) is 8.72. The standard InChI is InChI=1S/C19H26N4O2S/c1-2-21-19(23-12-10-17-4-3-13-26-17)22-11-9-15-5-7-16(8-6-15)25-14-18(20)24/h3-8,13H,2,9-12,14H2,1H3,(H2,20,24)(H2,21,22,23). The number of aliphatic imine (C=N–C) groups is 1. The monoisotopic (exact) mass is 374 g/mol. The van der Waals surface area contributed by atoms with Gasteiger partial charge in [-0.1, -0.05) is 18.2 Å². The van der Waals surface area contributed by atoms with Crippen molar-refractivity contribution in [3.8, 4) is 5.75 Å². The minimum Gasteiger partial charge on any atom is -0.484 e. The average molecular weight is 375 g/mol. The quantitative estimate of drug-likeness (QED) is 0.438. The number of hydrogen-bond acceptors (Lipinski definition) is 4. The molecule has 7 heteroatoms. The van der Waals surface area contributed by atoms with Crippen molar-refractivity contribution in [2.45, 2.75) is 19.8 Å². The Morgan fingerprint density at radius 3 is 2.65 bits per heavy atom. The Kier molecular flexibility index (Phi) is 8.48. The number of guanidine groups is 1. The number of nitrogens with zero attached hydrogens (tertiary/aromatic N) is 1. The van der Waals surface area contributed by atoms with Gasteiger partial charge in [-0.2, -0.15) is 0 Å². The Hall–Kier alpha value is -2.54. The van der Waals surface area contributed by atoms with Gasteiger partial charge in [0, 0.05) is 30.9 Å². The highest BCUT2D eigenvalue weighted by atomic mass is 32.1. The molecular weight excluding hydrogens is 348 g/mol. The second-order valence-electron chi connectivity index (χ2n) is 5.67. The summed E-state index contributed by atoms with van der Waals surface area (Å²) in [6.07, 6.45) is 1.83. The van der Waals surface area contributed by atoms with E-state index in [1.807, 2.05) is 24.3 Å². The molecule has 0 spiro atoms. The largest absolute Gasteiger partial charge is 0.484 e. The summed E-state index contributed by atoms with van der Waals surface area (Å²) in [5.74, 6) is 1.00. The van der Waals surface area contributed by atoms with Gasteiger partial charge in [-0.25, -0.2) is 0 Å². The number of nitrogens with one attached hydrogen (secondary N) is 2. The molecule has 1 amide bonds. The van der Waals surface area contributed by atoms with Crippen LogP contribution in [0.2, 0.25) is 0 Å². The summed E-state index contributed by atoms with van der Waals surface area (Å²) in [5, 5.41) is 8.71. The average Bonchev–Trinajstić information content (AvgIpc) is 3.14. The van der Waals surface area contributed by atoms with Gasteiger partial charge < -0.3 is 21.1 Å². The Bertz CT molecular complexity index is 684. The van der Waals surface area contributed by atoms with Crippen LogP contribution in [0.3, 0.4) is 0 Å². The number of thiophene rings is 1. The summed E-state index contributed by atoms with van der Waals surface area (Å²) in [4.78, 5) is 16.7. The van der Waals surface area contributed by atoms with Crippen LogP contribution >= 0.6 is 11.3 Å². The molecule has 1 heterocycles. The molecule has 140 valence electrons. The zero-order chi connectivity index (χ0) is 18.6. The predicted octanol–water partition coefficient (Wildman–Crippen LogP) is 1.95. The van der Waals surface area contributed by atoms with Gasteiger partial charge in [0.15, 0.2) is 12.6 Å². The van der Waals surface area contributed by atoms with Crippen molar-refractivity contribution in [3.05, 3.63) is 52.2 Å². The highest BCUT2D eigenvalue weighted by Crippen LogP contribution is 2.12. The van der Waals surface area contributed by atoms with Gasteiger partial charge in [-0.15, -0.1) is 11.3 Å². The van der Waals surface area contributed by atoms with Crippen molar-refractivity contribution in [2.24, 2.45) is 10.7 Å². The van der Waals surface area contributed by atoms with Gasteiger partial charge in [0.1, 0.15) is 5.75 Å². The van der Waals surface area contributed by atoms with E-state index in [0.29, 0.717) is 5.75 Å². The van der Waals surface area contributed by atoms with Crippen molar-refractivity contribution >= 4 is 23.2 Å². The summed E-state index contributed by atoms with van der Waals surface area (Å²) in [5.41, 5.74) is 6.24. The first kappa shape index (κ1) is 19.8. The third-order valence-electron chi connectivity index (χ3n) is 3.56. The molecule has 0 saturated carbocycles. The van der Waals surface area contributed by atoms with Crippen LogP contribution in [0.25, 0.3) is 0 Å². The highest BCUT2D eigenvalue weighted by Gasteiger charge is 2.01. The molecular formula is C19H26N4O2S. The zero-order valence-electron chi connectivity index (χ0n) is 15.0. The van der Waals surface area contributed by atoms with Gasteiger partial charge in [0.2, 0.25) is 0 Å². The van der Waals surface area contributed by atoms with E-state index in [-0.39, 0.29) is 6.61 Å². The Labute approximate surface area is 158 Å². The van der Waals surface area contributed by atoms with Gasteiger partial charge in [-0.3, -0.25) is 9.79 Å². The maximum absolute atomic E-state index is 10.7. The van der Waals surface area contributed by atoms with Crippen LogP contribution < -0.4 is 21.1 Å². The van der Waals surface area contributed by atoms with E-state index >= 15 is 0 Å². The summed E-state index contributed by atoms with van der Waals surface area (Å²) in [6.45, 7) is 4.33. The van der Waals surface area contributed by atoms with Crippen molar-refractivity contribution in [3.63, 3.8) is 0 Å². The normalized spacial score (nSPS) is 11.2. The minimum absolute atomic E-state index is 0.102. The van der Waals surface area contributed by atoms with Crippen molar-refractivity contribution in [2.75, 3.05) is 26.2 Å². The Morgan fingerprint density at radius 1 is 1.19 bits per heavy atom. The lowest BCUT2D eigenvalue weighted by molar-refractivity contribution is -0.119. The predicted molar refractivity (Wildman–Crippen MR) is 107 cm³/mol. The first-order chi connectivity index (χ1) is 12.7. The second-order valence-corrected chi connectivity index (χ2v) is 6.70. The fourth-order valence-corrected chi connectivity index (χ4v) is 3.00. The fourth-order valence-electron chi connectivity index (χ4n) is 2.31. The molecule has 26 heavy (non-hydrogen) atoms. The molecule has 4 N–H and O–H groups in total. The van der Waals surface area contributed by atoms with E-state index in [2.05, 4.69) is 40.1 Å². The number of rotatable bonds is 10. The van der Waals surface area contributed by atoms with Gasteiger partial charge in [-0.05, 0) is 42.5 Å². The molecule has 1 aromatic carbocycles. The molecule has 0 bridgehead atoms. The molecule has 0 atom stereocenters. The van der Waals surface area contributed by atoms with Crippen LogP contribution in [-0.2, 0) is 17.6 Å². The summed E-state index contributed by atoms with van der Waals surface area (Å²) in [6, 6.07) is 11.9. The Morgan fingerprint density at radius 2 is 2.00 bits per heavy atom. The van der Waals surface area contributed by atoms with Crippen LogP contribution in [0.4, 0.5) is 0 Å². The number of hydrogen-bond donors (Lipinski definition) is 3. The number of benzene rings is 1. The lowest BCUT2D eigenvalue weighted by Crippen LogP contribution is -2.38. The van der Waals surface area contributed by atoms with Gasteiger partial charge in [0.25, 0.3) is 5.91 Å². The van der Waals surface area contributed by atoms with Gasteiger partial charge in [0.05, 0.1) is 0 Å². The topological polar surface area (TPSA) is 88.7 Å². The molecule has 0 fully saturated rings.